The van der Waals surface area contributed by atoms with E-state index in [1.165, 1.54) is 46.9 Å². The minimum Gasteiger partial charge on any atom is -0.385 e. The lowest BCUT2D eigenvalue weighted by molar-refractivity contribution is -0.114. The molecule has 0 aliphatic rings. The molecule has 0 fully saturated rings. The van der Waals surface area contributed by atoms with Crippen molar-refractivity contribution in [2.45, 2.75) is 13.0 Å². The average Bonchev–Trinajstić information content (AvgIpc) is 2.82. The first kappa shape index (κ1) is 24.9. The van der Waals surface area contributed by atoms with Gasteiger partial charge in [-0.3, -0.25) is 19.1 Å². The Morgan fingerprint density at radius 3 is 2.65 bits per heavy atom. The van der Waals surface area contributed by atoms with Crippen molar-refractivity contribution in [2.75, 3.05) is 30.9 Å². The number of halogens is 2. The number of aromatic amines is 1. The number of aromatic nitrogens is 2. The number of nitrogens with zero attached hydrogens (tertiary/aromatic N) is 2. The zero-order chi connectivity index (χ0) is 24.7. The molecule has 3 aromatic rings. The van der Waals surface area contributed by atoms with Crippen LogP contribution in [0.4, 0.5) is 15.9 Å². The molecule has 3 N–H and O–H groups in total. The van der Waals surface area contributed by atoms with E-state index in [9.17, 15) is 18.8 Å². The molecule has 0 bridgehead atoms. The molecule has 0 radical (unpaired) electrons. The largest absolute Gasteiger partial charge is 0.385 e. The van der Waals surface area contributed by atoms with Gasteiger partial charge in [-0.15, -0.1) is 0 Å². The maximum atomic E-state index is 13.4. The van der Waals surface area contributed by atoms with Gasteiger partial charge in [0, 0.05) is 26.3 Å². The van der Waals surface area contributed by atoms with Gasteiger partial charge in [-0.2, -0.15) is 0 Å². The number of carbonyl (C=O) groups is 1. The quantitative estimate of drug-likeness (QED) is 0.357. The molecule has 1 amide bonds. The minimum atomic E-state index is -0.782. The number of benzene rings is 2. The van der Waals surface area contributed by atoms with E-state index in [0.717, 1.165) is 5.56 Å². The number of amides is 1. The van der Waals surface area contributed by atoms with Gasteiger partial charge in [-0.05, 0) is 35.8 Å². The zero-order valence-electron chi connectivity index (χ0n) is 18.5. The molecule has 0 aliphatic carbocycles. The number of nitrogens with one attached hydrogen (secondary N) is 1. The number of methoxy groups -OCH3 is 1. The lowest BCUT2D eigenvalue weighted by Gasteiger charge is -2.23. The fourth-order valence-electron chi connectivity index (χ4n) is 3.33. The lowest BCUT2D eigenvalue weighted by atomic mass is 10.2. The molecule has 3 rings (SSSR count). The van der Waals surface area contributed by atoms with Crippen LogP contribution in [0.25, 0.3) is 6.08 Å². The van der Waals surface area contributed by atoms with Crippen molar-refractivity contribution in [2.24, 2.45) is 0 Å². The summed E-state index contributed by atoms with van der Waals surface area (Å²) in [5, 5.41) is -0.0831. The number of rotatable bonds is 9. The summed E-state index contributed by atoms with van der Waals surface area (Å²) in [6.45, 7) is 0.555. The predicted molar refractivity (Wildman–Crippen MR) is 131 cm³/mol. The highest BCUT2D eigenvalue weighted by atomic mass is 35.5. The number of H-pyrrole nitrogens is 1. The summed E-state index contributed by atoms with van der Waals surface area (Å²) >= 11 is 5.80. The standard InChI is InChI=1S/C24H24ClFN4O4/c1-34-13-5-12-29(20(31)11-9-16-8-10-19(26)18(25)14-16)21-22(27)30(24(33)28-23(21)32)15-17-6-3-2-4-7-17/h2-4,6-11,14H,5,12-13,15,27H2,1H3,(H,28,32,33)/b11-9+. The molecular weight excluding hydrogens is 463 g/mol. The number of nitrogen functional groups attached to an aromatic ring is 1. The number of ether oxygens (including phenoxy) is 1. The van der Waals surface area contributed by atoms with Crippen LogP contribution in [0.1, 0.15) is 17.5 Å². The molecule has 0 atom stereocenters. The van der Waals surface area contributed by atoms with Crippen LogP contribution in [0.2, 0.25) is 5.02 Å². The molecule has 1 aromatic heterocycles. The topological polar surface area (TPSA) is 110 Å². The third kappa shape index (κ3) is 6.00. The van der Waals surface area contributed by atoms with E-state index >= 15 is 0 Å². The van der Waals surface area contributed by atoms with Gasteiger partial charge in [-0.25, -0.2) is 9.18 Å². The number of carbonyl (C=O) groups excluding carboxylic acids is 1. The minimum absolute atomic E-state index is 0.0831. The second-order valence-electron chi connectivity index (χ2n) is 7.41. The summed E-state index contributed by atoms with van der Waals surface area (Å²) in [5.41, 5.74) is 5.93. The van der Waals surface area contributed by atoms with E-state index in [2.05, 4.69) is 4.98 Å². The highest BCUT2D eigenvalue weighted by Crippen LogP contribution is 2.20. The molecule has 0 aliphatic heterocycles. The molecule has 0 unspecified atom stereocenters. The number of nitrogens with two attached hydrogens (primary N) is 1. The van der Waals surface area contributed by atoms with Crippen LogP contribution in [0, 0.1) is 5.82 Å². The zero-order valence-corrected chi connectivity index (χ0v) is 19.2. The summed E-state index contributed by atoms with van der Waals surface area (Å²) in [5.74, 6) is -1.27. The number of hydrogen-bond donors (Lipinski definition) is 2. The first-order chi connectivity index (χ1) is 16.3. The van der Waals surface area contributed by atoms with Crippen molar-refractivity contribution >= 4 is 35.1 Å². The van der Waals surface area contributed by atoms with Gasteiger partial charge in [0.2, 0.25) is 0 Å². The molecule has 8 nitrogen and oxygen atoms in total. The van der Waals surface area contributed by atoms with Gasteiger partial charge in [0.25, 0.3) is 11.5 Å². The second-order valence-corrected chi connectivity index (χ2v) is 7.82. The monoisotopic (exact) mass is 486 g/mol. The highest BCUT2D eigenvalue weighted by Gasteiger charge is 2.23. The van der Waals surface area contributed by atoms with Crippen molar-refractivity contribution in [1.29, 1.82) is 0 Å². The highest BCUT2D eigenvalue weighted by molar-refractivity contribution is 6.30. The Bertz CT molecular complexity index is 1300. The van der Waals surface area contributed by atoms with E-state index in [4.69, 9.17) is 22.1 Å². The Hall–Kier alpha value is -3.69. The third-order valence-corrected chi connectivity index (χ3v) is 5.32. The molecule has 0 saturated heterocycles. The molecule has 2 aromatic carbocycles. The fourth-order valence-corrected chi connectivity index (χ4v) is 3.52. The summed E-state index contributed by atoms with van der Waals surface area (Å²) in [7, 11) is 1.52. The summed E-state index contributed by atoms with van der Waals surface area (Å²) in [6, 6.07) is 13.1. The smallest absolute Gasteiger partial charge is 0.330 e. The van der Waals surface area contributed by atoms with Crippen LogP contribution in [0.15, 0.2) is 64.2 Å². The predicted octanol–water partition coefficient (Wildman–Crippen LogP) is 3.04. The van der Waals surface area contributed by atoms with Gasteiger partial charge in [0.1, 0.15) is 11.6 Å². The Balaban J connectivity index is 2.00. The summed E-state index contributed by atoms with van der Waals surface area (Å²) in [4.78, 5) is 41.8. The van der Waals surface area contributed by atoms with Crippen LogP contribution in [0.5, 0.6) is 0 Å². The second kappa shape index (κ2) is 11.4. The molecular formula is C24H24ClFN4O4. The van der Waals surface area contributed by atoms with Gasteiger partial charge in [0.15, 0.2) is 5.69 Å². The first-order valence-electron chi connectivity index (χ1n) is 10.4. The Labute approximate surface area is 200 Å². The van der Waals surface area contributed by atoms with Gasteiger partial charge >= 0.3 is 5.69 Å². The van der Waals surface area contributed by atoms with Crippen molar-refractivity contribution in [1.82, 2.24) is 9.55 Å². The van der Waals surface area contributed by atoms with Crippen LogP contribution in [0.3, 0.4) is 0 Å². The Morgan fingerprint density at radius 1 is 1.24 bits per heavy atom. The van der Waals surface area contributed by atoms with E-state index in [-0.39, 0.29) is 29.6 Å². The first-order valence-corrected chi connectivity index (χ1v) is 10.8. The van der Waals surface area contributed by atoms with Crippen LogP contribution < -0.4 is 21.9 Å². The summed E-state index contributed by atoms with van der Waals surface area (Å²) < 4.78 is 19.7. The van der Waals surface area contributed by atoms with Gasteiger partial charge in [0.05, 0.1) is 11.6 Å². The molecule has 10 heteroatoms. The Morgan fingerprint density at radius 2 is 1.97 bits per heavy atom. The van der Waals surface area contributed by atoms with Crippen molar-refractivity contribution in [3.8, 4) is 0 Å². The molecule has 178 valence electrons. The van der Waals surface area contributed by atoms with Crippen LogP contribution in [-0.4, -0.2) is 35.7 Å². The molecule has 0 saturated carbocycles. The fraction of sp³-hybridized carbons (Fsp3) is 0.208. The third-order valence-electron chi connectivity index (χ3n) is 5.03. The number of anilines is 2. The normalized spacial score (nSPS) is 11.1. The Kier molecular flexibility index (Phi) is 8.39. The van der Waals surface area contributed by atoms with Gasteiger partial charge in [-0.1, -0.05) is 48.0 Å². The average molecular weight is 487 g/mol. The number of hydrogen-bond acceptors (Lipinski definition) is 5. The van der Waals surface area contributed by atoms with Crippen LogP contribution >= 0.6 is 11.6 Å². The van der Waals surface area contributed by atoms with E-state index in [1.807, 2.05) is 30.3 Å². The van der Waals surface area contributed by atoms with Gasteiger partial charge < -0.3 is 15.4 Å². The van der Waals surface area contributed by atoms with E-state index in [1.54, 1.807) is 0 Å². The van der Waals surface area contributed by atoms with Crippen molar-refractivity contribution in [3.05, 3.63) is 97.4 Å². The molecule has 1 heterocycles. The SMILES string of the molecule is COCCCN(C(=O)/C=C/c1ccc(F)c(Cl)c1)c1c(N)n(Cc2ccccc2)c(=O)[nH]c1=O. The molecule has 34 heavy (non-hydrogen) atoms. The summed E-state index contributed by atoms with van der Waals surface area (Å²) in [6.07, 6.45) is 3.08. The van der Waals surface area contributed by atoms with E-state index in [0.29, 0.717) is 18.6 Å². The molecule has 0 spiro atoms. The maximum absolute atomic E-state index is 13.4. The van der Waals surface area contributed by atoms with Crippen molar-refractivity contribution in [3.63, 3.8) is 0 Å². The van der Waals surface area contributed by atoms with E-state index < -0.39 is 23.0 Å². The maximum Gasteiger partial charge on any atom is 0.330 e. The van der Waals surface area contributed by atoms with Crippen LogP contribution in [-0.2, 0) is 16.1 Å². The van der Waals surface area contributed by atoms with Crippen molar-refractivity contribution < 1.29 is 13.9 Å². The lowest BCUT2D eigenvalue weighted by Crippen LogP contribution is -2.41.